The molecule has 1 heterocycles. The number of carbonyl (C=O) groups is 1. The highest BCUT2D eigenvalue weighted by molar-refractivity contribution is 5.86. The van der Waals surface area contributed by atoms with Crippen molar-refractivity contribution in [2.75, 3.05) is 0 Å². The molecule has 0 saturated carbocycles. The topological polar surface area (TPSA) is 42.2 Å². The van der Waals surface area contributed by atoms with Crippen LogP contribution in [0, 0.1) is 5.82 Å². The highest BCUT2D eigenvalue weighted by Gasteiger charge is 2.14. The predicted octanol–water partition coefficient (Wildman–Crippen LogP) is 3.72. The third-order valence-corrected chi connectivity index (χ3v) is 3.33. The van der Waals surface area contributed by atoms with Gasteiger partial charge in [0.15, 0.2) is 0 Å². The molecule has 0 aliphatic heterocycles. The molecule has 0 aliphatic carbocycles. The molecule has 2 aromatic rings. The van der Waals surface area contributed by atoms with Gasteiger partial charge in [0, 0.05) is 12.2 Å². The van der Waals surface area contributed by atoms with E-state index in [4.69, 9.17) is 0 Å². The lowest BCUT2D eigenvalue weighted by molar-refractivity contribution is 0.0685. The average Bonchev–Trinajstić information content (AvgIpc) is 2.82. The van der Waals surface area contributed by atoms with Crippen LogP contribution in [0.25, 0.3) is 0 Å². The van der Waals surface area contributed by atoms with Gasteiger partial charge in [0.25, 0.3) is 0 Å². The fourth-order valence-electron chi connectivity index (χ4n) is 2.23. The zero-order chi connectivity index (χ0) is 14.5. The molecule has 106 valence electrons. The lowest BCUT2D eigenvalue weighted by atomic mass is 10.2. The Morgan fingerprint density at radius 1 is 1.20 bits per heavy atom. The van der Waals surface area contributed by atoms with Gasteiger partial charge in [-0.2, -0.15) is 0 Å². The Bertz CT molecular complexity index is 587. The Morgan fingerprint density at radius 2 is 1.90 bits per heavy atom. The van der Waals surface area contributed by atoms with Gasteiger partial charge in [-0.05, 0) is 42.7 Å². The van der Waals surface area contributed by atoms with E-state index < -0.39 is 5.97 Å². The van der Waals surface area contributed by atoms with Crippen molar-refractivity contribution in [1.82, 2.24) is 4.57 Å². The molecule has 0 aliphatic rings. The minimum absolute atomic E-state index is 0.278. The summed E-state index contributed by atoms with van der Waals surface area (Å²) < 4.78 is 14.7. The van der Waals surface area contributed by atoms with Gasteiger partial charge in [-0.15, -0.1) is 0 Å². The minimum atomic E-state index is -0.935. The molecule has 1 aromatic heterocycles. The lowest BCUT2D eigenvalue weighted by Crippen LogP contribution is -2.12. The Balaban J connectivity index is 2.29. The molecule has 0 radical (unpaired) electrons. The van der Waals surface area contributed by atoms with Crippen LogP contribution >= 0.6 is 0 Å². The number of hydrogen-bond acceptors (Lipinski definition) is 1. The number of hydrogen-bond donors (Lipinski definition) is 1. The number of rotatable bonds is 6. The second-order valence-electron chi connectivity index (χ2n) is 4.83. The summed E-state index contributed by atoms with van der Waals surface area (Å²) in [5.74, 6) is -1.22. The zero-order valence-corrected chi connectivity index (χ0v) is 11.5. The van der Waals surface area contributed by atoms with Crippen molar-refractivity contribution >= 4 is 5.97 Å². The van der Waals surface area contributed by atoms with Crippen molar-refractivity contribution < 1.29 is 14.3 Å². The molecule has 20 heavy (non-hydrogen) atoms. The summed E-state index contributed by atoms with van der Waals surface area (Å²) in [4.78, 5) is 11.3. The first kappa shape index (κ1) is 14.3. The maximum Gasteiger partial charge on any atom is 0.352 e. The summed E-state index contributed by atoms with van der Waals surface area (Å²) in [5.41, 5.74) is 2.18. The van der Waals surface area contributed by atoms with E-state index in [0.29, 0.717) is 6.54 Å². The van der Waals surface area contributed by atoms with Crippen molar-refractivity contribution in [2.24, 2.45) is 0 Å². The number of benzene rings is 1. The molecule has 2 rings (SSSR count). The van der Waals surface area contributed by atoms with E-state index in [0.717, 1.165) is 30.5 Å². The van der Waals surface area contributed by atoms with Crippen LogP contribution in [0.1, 0.15) is 41.5 Å². The molecule has 0 amide bonds. The van der Waals surface area contributed by atoms with Gasteiger partial charge in [-0.3, -0.25) is 0 Å². The van der Waals surface area contributed by atoms with Crippen molar-refractivity contribution in [3.63, 3.8) is 0 Å². The van der Waals surface area contributed by atoms with Crippen molar-refractivity contribution in [1.29, 1.82) is 0 Å². The van der Waals surface area contributed by atoms with Gasteiger partial charge in [0.05, 0.1) is 0 Å². The molecular formula is C16H18FNO2. The zero-order valence-electron chi connectivity index (χ0n) is 11.5. The fourth-order valence-corrected chi connectivity index (χ4v) is 2.23. The first-order chi connectivity index (χ1) is 9.61. The summed E-state index contributed by atoms with van der Waals surface area (Å²) in [5, 5.41) is 9.25. The second-order valence-corrected chi connectivity index (χ2v) is 4.83. The molecule has 1 aromatic carbocycles. The minimum Gasteiger partial charge on any atom is -0.477 e. The summed E-state index contributed by atoms with van der Waals surface area (Å²) in [7, 11) is 0. The lowest BCUT2D eigenvalue weighted by Gasteiger charge is -2.12. The fraction of sp³-hybridized carbons (Fsp3) is 0.312. The van der Waals surface area contributed by atoms with Gasteiger partial charge in [-0.1, -0.05) is 25.5 Å². The highest BCUT2D eigenvalue weighted by atomic mass is 19.1. The second kappa shape index (κ2) is 6.37. The van der Waals surface area contributed by atoms with Crippen LogP contribution in [0.3, 0.4) is 0 Å². The highest BCUT2D eigenvalue weighted by Crippen LogP contribution is 2.16. The van der Waals surface area contributed by atoms with Crippen LogP contribution in [0.15, 0.2) is 36.4 Å². The van der Waals surface area contributed by atoms with Gasteiger partial charge >= 0.3 is 5.97 Å². The van der Waals surface area contributed by atoms with Gasteiger partial charge in [0.2, 0.25) is 0 Å². The standard InChI is InChI=1S/C16H18FNO2/c1-2-3-4-14-9-10-15(16(19)20)18(14)11-12-5-7-13(17)8-6-12/h5-10H,2-4,11H2,1H3,(H,19,20). The van der Waals surface area contributed by atoms with Crippen LogP contribution in [-0.2, 0) is 13.0 Å². The number of aryl methyl sites for hydroxylation is 1. The third kappa shape index (κ3) is 3.26. The van der Waals surface area contributed by atoms with Crippen LogP contribution in [0.2, 0.25) is 0 Å². The summed E-state index contributed by atoms with van der Waals surface area (Å²) in [6.45, 7) is 2.55. The number of halogens is 1. The molecule has 0 spiro atoms. The maximum atomic E-state index is 12.9. The quantitative estimate of drug-likeness (QED) is 0.873. The van der Waals surface area contributed by atoms with E-state index in [9.17, 15) is 14.3 Å². The number of aromatic nitrogens is 1. The van der Waals surface area contributed by atoms with Crippen LogP contribution in [-0.4, -0.2) is 15.6 Å². The normalized spacial score (nSPS) is 10.7. The molecule has 0 bridgehead atoms. The van der Waals surface area contributed by atoms with Crippen molar-refractivity contribution in [3.05, 3.63) is 59.2 Å². The Labute approximate surface area is 117 Å². The number of unbranched alkanes of at least 4 members (excludes halogenated alkanes) is 1. The first-order valence-electron chi connectivity index (χ1n) is 6.78. The molecule has 0 atom stereocenters. The molecule has 3 nitrogen and oxygen atoms in total. The Morgan fingerprint density at radius 3 is 2.50 bits per heavy atom. The van der Waals surface area contributed by atoms with E-state index in [1.807, 2.05) is 6.07 Å². The first-order valence-corrected chi connectivity index (χ1v) is 6.78. The number of nitrogens with zero attached hydrogens (tertiary/aromatic N) is 1. The van der Waals surface area contributed by atoms with E-state index in [-0.39, 0.29) is 11.5 Å². The van der Waals surface area contributed by atoms with Crippen molar-refractivity contribution in [3.8, 4) is 0 Å². The molecule has 0 unspecified atom stereocenters. The summed E-state index contributed by atoms with van der Waals surface area (Å²) in [6.07, 6.45) is 2.93. The molecular weight excluding hydrogens is 257 g/mol. The third-order valence-electron chi connectivity index (χ3n) is 3.33. The van der Waals surface area contributed by atoms with E-state index in [1.165, 1.54) is 12.1 Å². The maximum absolute atomic E-state index is 12.9. The van der Waals surface area contributed by atoms with Crippen LogP contribution in [0.4, 0.5) is 4.39 Å². The number of carboxylic acid groups (broad SMARTS) is 1. The largest absolute Gasteiger partial charge is 0.477 e. The smallest absolute Gasteiger partial charge is 0.352 e. The van der Waals surface area contributed by atoms with Gasteiger partial charge in [-0.25, -0.2) is 9.18 Å². The molecule has 4 heteroatoms. The van der Waals surface area contributed by atoms with Crippen LogP contribution < -0.4 is 0 Å². The average molecular weight is 275 g/mol. The number of aromatic carboxylic acids is 1. The van der Waals surface area contributed by atoms with Crippen LogP contribution in [0.5, 0.6) is 0 Å². The number of carboxylic acids is 1. The van der Waals surface area contributed by atoms with E-state index in [2.05, 4.69) is 6.92 Å². The predicted molar refractivity (Wildman–Crippen MR) is 75.5 cm³/mol. The Hall–Kier alpha value is -2.10. The molecule has 0 fully saturated rings. The van der Waals surface area contributed by atoms with Gasteiger partial charge in [0.1, 0.15) is 11.5 Å². The van der Waals surface area contributed by atoms with E-state index >= 15 is 0 Å². The van der Waals surface area contributed by atoms with E-state index in [1.54, 1.807) is 22.8 Å². The summed E-state index contributed by atoms with van der Waals surface area (Å²) >= 11 is 0. The van der Waals surface area contributed by atoms with Gasteiger partial charge < -0.3 is 9.67 Å². The Kier molecular flexibility index (Phi) is 4.56. The monoisotopic (exact) mass is 275 g/mol. The SMILES string of the molecule is CCCCc1ccc(C(=O)O)n1Cc1ccc(F)cc1. The molecule has 1 N–H and O–H groups in total. The van der Waals surface area contributed by atoms with Crippen molar-refractivity contribution in [2.45, 2.75) is 32.7 Å². The summed E-state index contributed by atoms with van der Waals surface area (Å²) in [6, 6.07) is 9.66. The molecule has 0 saturated heterocycles.